The number of nitrogens with one attached hydrogen (secondary N) is 1. The lowest BCUT2D eigenvalue weighted by atomic mass is 9.92. The lowest BCUT2D eigenvalue weighted by molar-refractivity contribution is -0.135. The Labute approximate surface area is 135 Å². The fraction of sp³-hybridized carbons (Fsp3) is 0.471. The van der Waals surface area contributed by atoms with Crippen LogP contribution in [0.2, 0.25) is 0 Å². The van der Waals surface area contributed by atoms with Gasteiger partial charge in [0.25, 0.3) is 0 Å². The van der Waals surface area contributed by atoms with Crippen molar-refractivity contribution >= 4 is 5.91 Å². The summed E-state index contributed by atoms with van der Waals surface area (Å²) in [5.74, 6) is 0.616. The van der Waals surface area contributed by atoms with Crippen molar-refractivity contribution in [3.63, 3.8) is 0 Å². The molecule has 6 nitrogen and oxygen atoms in total. The molecule has 122 valence electrons. The zero-order valence-corrected chi connectivity index (χ0v) is 13.5. The molecule has 2 aromatic heterocycles. The molecule has 0 radical (unpaired) electrons. The quantitative estimate of drug-likeness (QED) is 0.936. The van der Waals surface area contributed by atoms with E-state index in [-0.39, 0.29) is 17.9 Å². The zero-order chi connectivity index (χ0) is 16.2. The first-order valence-electron chi connectivity index (χ1n) is 7.93. The predicted molar refractivity (Wildman–Crippen MR) is 85.4 cm³/mol. The Morgan fingerprint density at radius 3 is 3.09 bits per heavy atom. The number of amides is 1. The molecular formula is C17H22N4O2. The third-order valence-electron chi connectivity index (χ3n) is 4.37. The number of carbonyl (C=O) groups is 1. The maximum absolute atomic E-state index is 12.7. The second kappa shape index (κ2) is 6.91. The van der Waals surface area contributed by atoms with E-state index in [4.69, 9.17) is 4.74 Å². The topological polar surface area (TPSA) is 69.0 Å². The van der Waals surface area contributed by atoms with E-state index < -0.39 is 0 Å². The van der Waals surface area contributed by atoms with E-state index in [1.165, 1.54) is 0 Å². The van der Waals surface area contributed by atoms with Crippen molar-refractivity contribution in [1.29, 1.82) is 0 Å². The molecule has 1 aliphatic heterocycles. The normalized spacial score (nSPS) is 21.1. The molecule has 2 aromatic rings. The van der Waals surface area contributed by atoms with Gasteiger partial charge in [-0.1, -0.05) is 0 Å². The molecule has 3 heterocycles. The van der Waals surface area contributed by atoms with Gasteiger partial charge in [0, 0.05) is 45.0 Å². The van der Waals surface area contributed by atoms with Crippen LogP contribution in [-0.4, -0.2) is 27.0 Å². The van der Waals surface area contributed by atoms with Crippen LogP contribution in [0.1, 0.15) is 35.9 Å². The van der Waals surface area contributed by atoms with Crippen molar-refractivity contribution < 1.29 is 9.53 Å². The highest BCUT2D eigenvalue weighted by atomic mass is 16.5. The Hall–Kier alpha value is -2.21. The number of carbonyl (C=O) groups excluding carboxylic acids is 1. The van der Waals surface area contributed by atoms with Gasteiger partial charge < -0.3 is 14.6 Å². The highest BCUT2D eigenvalue weighted by molar-refractivity contribution is 5.79. The van der Waals surface area contributed by atoms with Crippen LogP contribution in [-0.2, 0) is 23.1 Å². The average Bonchev–Trinajstić information content (AvgIpc) is 3.00. The summed E-state index contributed by atoms with van der Waals surface area (Å²) in [5, 5.41) is 3.02. The summed E-state index contributed by atoms with van der Waals surface area (Å²) in [6.07, 6.45) is 8.59. The number of imidazole rings is 1. The van der Waals surface area contributed by atoms with Crippen molar-refractivity contribution in [2.75, 3.05) is 6.61 Å². The van der Waals surface area contributed by atoms with Gasteiger partial charge in [0.15, 0.2) is 0 Å². The number of aromatic nitrogens is 3. The van der Waals surface area contributed by atoms with Crippen molar-refractivity contribution in [2.24, 2.45) is 13.0 Å². The third kappa shape index (κ3) is 3.42. The fourth-order valence-electron chi connectivity index (χ4n) is 2.95. The standard InChI is InChI=1S/C17H22N4O2/c1-12-5-6-18-10-13(12)11-20-17(22)14-4-3-9-23-15(14)16-19-7-8-21(16)2/h5-8,10,14-15H,3-4,9,11H2,1-2H3,(H,20,22)/t14-,15-/m1/s1. The van der Waals surface area contributed by atoms with Crippen LogP contribution < -0.4 is 5.32 Å². The Bertz CT molecular complexity index is 683. The van der Waals surface area contributed by atoms with Crippen LogP contribution in [0, 0.1) is 12.8 Å². The number of rotatable bonds is 4. The van der Waals surface area contributed by atoms with Crippen LogP contribution in [0.3, 0.4) is 0 Å². The lowest BCUT2D eigenvalue weighted by Crippen LogP contribution is -2.38. The van der Waals surface area contributed by atoms with E-state index in [1.54, 1.807) is 18.6 Å². The van der Waals surface area contributed by atoms with Crippen LogP contribution in [0.25, 0.3) is 0 Å². The van der Waals surface area contributed by atoms with Crippen LogP contribution in [0.4, 0.5) is 0 Å². The van der Waals surface area contributed by atoms with E-state index in [2.05, 4.69) is 15.3 Å². The average molecular weight is 314 g/mol. The molecule has 0 aliphatic carbocycles. The highest BCUT2D eigenvalue weighted by Gasteiger charge is 2.35. The number of hydrogen-bond donors (Lipinski definition) is 1. The predicted octanol–water partition coefficient (Wildman–Crippen LogP) is 1.91. The Balaban J connectivity index is 1.69. The number of ether oxygens (including phenoxy) is 1. The summed E-state index contributed by atoms with van der Waals surface area (Å²) in [6, 6.07) is 1.95. The second-order valence-corrected chi connectivity index (χ2v) is 5.96. The molecule has 1 fully saturated rings. The van der Waals surface area contributed by atoms with Gasteiger partial charge in [-0.3, -0.25) is 9.78 Å². The van der Waals surface area contributed by atoms with Gasteiger partial charge in [-0.15, -0.1) is 0 Å². The SMILES string of the molecule is Cc1ccncc1CNC(=O)[C@@H]1CCCO[C@H]1c1nccn1C. The first kappa shape index (κ1) is 15.7. The maximum atomic E-state index is 12.7. The number of hydrogen-bond acceptors (Lipinski definition) is 4. The number of aryl methyl sites for hydroxylation is 2. The summed E-state index contributed by atoms with van der Waals surface area (Å²) in [4.78, 5) is 21.1. The minimum absolute atomic E-state index is 0.0148. The minimum Gasteiger partial charge on any atom is -0.369 e. The molecule has 0 bridgehead atoms. The molecule has 1 aliphatic rings. The number of pyridine rings is 1. The van der Waals surface area contributed by atoms with Gasteiger partial charge in [-0.25, -0.2) is 4.98 Å². The van der Waals surface area contributed by atoms with Crippen molar-refractivity contribution in [3.8, 4) is 0 Å². The Morgan fingerprint density at radius 1 is 1.48 bits per heavy atom. The molecule has 6 heteroatoms. The van der Waals surface area contributed by atoms with E-state index in [0.29, 0.717) is 13.2 Å². The molecule has 1 N–H and O–H groups in total. The summed E-state index contributed by atoms with van der Waals surface area (Å²) in [5.41, 5.74) is 2.16. The molecule has 2 atom stereocenters. The van der Waals surface area contributed by atoms with Crippen LogP contribution in [0.15, 0.2) is 30.9 Å². The minimum atomic E-state index is -0.279. The molecule has 1 saturated heterocycles. The van der Waals surface area contributed by atoms with Gasteiger partial charge >= 0.3 is 0 Å². The van der Waals surface area contributed by atoms with Crippen LogP contribution in [0.5, 0.6) is 0 Å². The molecule has 0 aromatic carbocycles. The van der Waals surface area contributed by atoms with Gasteiger partial charge in [0.2, 0.25) is 5.91 Å². The first-order chi connectivity index (χ1) is 11.2. The van der Waals surface area contributed by atoms with Crippen molar-refractivity contribution in [3.05, 3.63) is 47.8 Å². The smallest absolute Gasteiger partial charge is 0.226 e. The van der Waals surface area contributed by atoms with Gasteiger partial charge in [-0.05, 0) is 37.0 Å². The molecule has 0 unspecified atom stereocenters. The monoisotopic (exact) mass is 314 g/mol. The fourth-order valence-corrected chi connectivity index (χ4v) is 2.95. The largest absolute Gasteiger partial charge is 0.369 e. The van der Waals surface area contributed by atoms with E-state index in [0.717, 1.165) is 29.8 Å². The molecule has 1 amide bonds. The van der Waals surface area contributed by atoms with Crippen LogP contribution >= 0.6 is 0 Å². The Kier molecular flexibility index (Phi) is 4.71. The van der Waals surface area contributed by atoms with Gasteiger partial charge in [0.05, 0.1) is 5.92 Å². The summed E-state index contributed by atoms with van der Waals surface area (Å²) < 4.78 is 7.77. The molecule has 23 heavy (non-hydrogen) atoms. The summed E-state index contributed by atoms with van der Waals surface area (Å²) >= 11 is 0. The first-order valence-corrected chi connectivity index (χ1v) is 7.93. The molecular weight excluding hydrogens is 292 g/mol. The number of nitrogens with zero attached hydrogens (tertiary/aromatic N) is 3. The van der Waals surface area contributed by atoms with Gasteiger partial charge in [-0.2, -0.15) is 0 Å². The molecule has 0 spiro atoms. The second-order valence-electron chi connectivity index (χ2n) is 5.96. The lowest BCUT2D eigenvalue weighted by Gasteiger charge is -2.30. The van der Waals surface area contributed by atoms with Crippen molar-refractivity contribution in [2.45, 2.75) is 32.4 Å². The zero-order valence-electron chi connectivity index (χ0n) is 13.5. The highest BCUT2D eigenvalue weighted by Crippen LogP contribution is 2.32. The van der Waals surface area contributed by atoms with E-state index in [9.17, 15) is 4.79 Å². The molecule has 0 saturated carbocycles. The Morgan fingerprint density at radius 2 is 2.35 bits per heavy atom. The summed E-state index contributed by atoms with van der Waals surface area (Å²) in [7, 11) is 1.92. The maximum Gasteiger partial charge on any atom is 0.226 e. The molecule has 3 rings (SSSR count). The van der Waals surface area contributed by atoms with Gasteiger partial charge in [0.1, 0.15) is 11.9 Å². The van der Waals surface area contributed by atoms with E-state index in [1.807, 2.05) is 30.8 Å². The van der Waals surface area contributed by atoms with E-state index >= 15 is 0 Å². The summed E-state index contributed by atoms with van der Waals surface area (Å²) in [6.45, 7) is 3.18. The third-order valence-corrected chi connectivity index (χ3v) is 4.37. The van der Waals surface area contributed by atoms with Crippen molar-refractivity contribution in [1.82, 2.24) is 19.9 Å².